The van der Waals surface area contributed by atoms with Crippen LogP contribution < -0.4 is 5.73 Å². The van der Waals surface area contributed by atoms with Crippen molar-refractivity contribution in [3.05, 3.63) is 34.9 Å². The molecular weight excluding hydrogens is 365 g/mol. The zero-order valence-electron chi connectivity index (χ0n) is 15.7. The minimum atomic E-state index is -4.48. The lowest BCUT2D eigenvalue weighted by molar-refractivity contribution is -0.0861. The Morgan fingerprint density at radius 1 is 1.22 bits per heavy atom. The van der Waals surface area contributed by atoms with Crippen LogP contribution in [0.3, 0.4) is 0 Å². The van der Waals surface area contributed by atoms with Gasteiger partial charge in [-0.05, 0) is 74.0 Å². The van der Waals surface area contributed by atoms with E-state index in [4.69, 9.17) is 20.3 Å². The predicted molar refractivity (Wildman–Crippen MR) is 103 cm³/mol. The van der Waals surface area contributed by atoms with E-state index in [0.29, 0.717) is 18.8 Å². The van der Waals surface area contributed by atoms with Crippen LogP contribution in [0, 0.1) is 0 Å². The van der Waals surface area contributed by atoms with Crippen molar-refractivity contribution in [2.75, 3.05) is 13.2 Å². The molecule has 1 saturated heterocycles. The number of aryl methyl sites for hydroxylation is 1. The van der Waals surface area contributed by atoms with Gasteiger partial charge in [0.05, 0.1) is 12.2 Å². The fraction of sp³-hybridized carbons (Fsp3) is 0.700. The molecule has 4 rings (SSSR count). The lowest BCUT2D eigenvalue weighted by atomic mass is 9.75. The van der Waals surface area contributed by atoms with Crippen LogP contribution in [-0.2, 0) is 26.7 Å². The highest BCUT2D eigenvalue weighted by Gasteiger charge is 2.40. The van der Waals surface area contributed by atoms with Gasteiger partial charge in [0, 0.05) is 18.6 Å². The third-order valence-corrected chi connectivity index (χ3v) is 7.13. The Morgan fingerprint density at radius 2 is 2.07 bits per heavy atom. The van der Waals surface area contributed by atoms with Gasteiger partial charge >= 0.3 is 7.82 Å². The van der Waals surface area contributed by atoms with Crippen molar-refractivity contribution in [3.63, 3.8) is 0 Å². The summed E-state index contributed by atoms with van der Waals surface area (Å²) in [5, 5.41) is 0. The van der Waals surface area contributed by atoms with Crippen LogP contribution in [0.5, 0.6) is 0 Å². The summed E-state index contributed by atoms with van der Waals surface area (Å²) < 4.78 is 21.8. The van der Waals surface area contributed by atoms with Gasteiger partial charge in [0.2, 0.25) is 0 Å². The molecule has 0 radical (unpaired) electrons. The molecule has 0 amide bonds. The quantitative estimate of drug-likeness (QED) is 0.677. The van der Waals surface area contributed by atoms with E-state index in [9.17, 15) is 4.57 Å². The van der Waals surface area contributed by atoms with E-state index in [1.54, 1.807) is 0 Å². The average molecular weight is 395 g/mol. The van der Waals surface area contributed by atoms with Gasteiger partial charge in [-0.15, -0.1) is 0 Å². The van der Waals surface area contributed by atoms with Gasteiger partial charge in [0.15, 0.2) is 0 Å². The van der Waals surface area contributed by atoms with Crippen LogP contribution in [0.25, 0.3) is 0 Å². The van der Waals surface area contributed by atoms with Crippen molar-refractivity contribution in [2.24, 2.45) is 5.73 Å². The summed E-state index contributed by atoms with van der Waals surface area (Å²) in [6.07, 6.45) is 9.14. The van der Waals surface area contributed by atoms with E-state index in [-0.39, 0.29) is 12.2 Å². The number of phosphoric acid groups is 1. The Labute approximate surface area is 160 Å². The predicted octanol–water partition coefficient (Wildman–Crippen LogP) is 3.19. The van der Waals surface area contributed by atoms with Crippen molar-refractivity contribution < 1.29 is 23.6 Å². The Balaban J connectivity index is 1.43. The number of benzene rings is 1. The summed E-state index contributed by atoms with van der Waals surface area (Å²) >= 11 is 0. The monoisotopic (exact) mass is 395 g/mol. The summed E-state index contributed by atoms with van der Waals surface area (Å²) in [6, 6.07) is 6.79. The second-order valence-electron chi connectivity index (χ2n) is 8.76. The van der Waals surface area contributed by atoms with E-state index in [1.807, 2.05) is 0 Å². The van der Waals surface area contributed by atoms with Crippen LogP contribution in [0.1, 0.15) is 67.6 Å². The maximum Gasteiger partial charge on any atom is 0.469 e. The largest absolute Gasteiger partial charge is 0.469 e. The van der Waals surface area contributed by atoms with Crippen LogP contribution in [0.4, 0.5) is 0 Å². The van der Waals surface area contributed by atoms with Gasteiger partial charge in [0.25, 0.3) is 0 Å². The molecule has 3 atom stereocenters. The Kier molecular flexibility index (Phi) is 5.25. The molecule has 1 aromatic rings. The van der Waals surface area contributed by atoms with Crippen LogP contribution in [0.2, 0.25) is 0 Å². The number of ether oxygens (including phenoxy) is 1. The topological polar surface area (TPSA) is 102 Å². The fourth-order valence-electron chi connectivity index (χ4n) is 5.13. The minimum Gasteiger partial charge on any atom is -0.375 e. The van der Waals surface area contributed by atoms with E-state index < -0.39 is 13.4 Å². The molecule has 1 heterocycles. The summed E-state index contributed by atoms with van der Waals surface area (Å²) in [7, 11) is -4.48. The number of phosphoric ester groups is 1. The Morgan fingerprint density at radius 3 is 2.81 bits per heavy atom. The van der Waals surface area contributed by atoms with Crippen LogP contribution >= 0.6 is 7.82 Å². The molecule has 150 valence electrons. The highest BCUT2D eigenvalue weighted by atomic mass is 31.2. The molecule has 1 spiro atoms. The fourth-order valence-corrected chi connectivity index (χ4v) is 5.56. The van der Waals surface area contributed by atoms with Crippen molar-refractivity contribution in [2.45, 2.75) is 74.8 Å². The summed E-state index contributed by atoms with van der Waals surface area (Å²) in [5.74, 6) is 0.322. The first-order valence-electron chi connectivity index (χ1n) is 10.0. The second-order valence-corrected chi connectivity index (χ2v) is 10.00. The molecule has 2 aliphatic carbocycles. The number of hydrogen-bond acceptors (Lipinski definition) is 4. The first kappa shape index (κ1) is 19.6. The van der Waals surface area contributed by atoms with Crippen LogP contribution in [-0.4, -0.2) is 34.1 Å². The summed E-state index contributed by atoms with van der Waals surface area (Å²) in [5.41, 5.74) is 9.86. The number of nitrogens with two attached hydrogens (primary N) is 1. The smallest absolute Gasteiger partial charge is 0.375 e. The van der Waals surface area contributed by atoms with Crippen molar-refractivity contribution >= 4 is 7.82 Å². The van der Waals surface area contributed by atoms with E-state index in [1.165, 1.54) is 36.0 Å². The number of rotatable bonds is 4. The Hall–Kier alpha value is -0.750. The molecule has 1 unspecified atom stereocenters. The number of fused-ring (bicyclic) bond motifs is 1. The third-order valence-electron chi connectivity index (χ3n) is 6.66. The van der Waals surface area contributed by atoms with E-state index >= 15 is 0 Å². The lowest BCUT2D eigenvalue weighted by Crippen LogP contribution is -2.41. The highest BCUT2D eigenvalue weighted by Crippen LogP contribution is 2.45. The standard InChI is InChI=1S/C20H30NO5P/c21-19(14-26-27(22,23)24)8-5-18(12-19)15-3-4-17-13-20(7-1-2-10-25-20)9-6-16(17)11-15/h3-4,11,18H,1-2,5-10,12-14,21H2,(H2,22,23,24)/t18-,19+,20?/m0/s1. The van der Waals surface area contributed by atoms with Crippen LogP contribution in [0.15, 0.2) is 18.2 Å². The molecule has 1 aromatic carbocycles. The normalized spacial score (nSPS) is 34.0. The van der Waals surface area contributed by atoms with E-state index in [2.05, 4.69) is 22.7 Å². The van der Waals surface area contributed by atoms with Gasteiger partial charge in [0.1, 0.15) is 0 Å². The molecule has 2 fully saturated rings. The maximum absolute atomic E-state index is 11.0. The first-order chi connectivity index (χ1) is 12.8. The van der Waals surface area contributed by atoms with Gasteiger partial charge in [-0.25, -0.2) is 4.57 Å². The average Bonchev–Trinajstić information content (AvgIpc) is 3.03. The van der Waals surface area contributed by atoms with Crippen molar-refractivity contribution in [1.29, 1.82) is 0 Å². The van der Waals surface area contributed by atoms with Gasteiger partial charge in [-0.1, -0.05) is 18.2 Å². The molecule has 0 bridgehead atoms. The molecule has 7 heteroatoms. The summed E-state index contributed by atoms with van der Waals surface area (Å²) in [4.78, 5) is 17.9. The molecule has 3 aliphatic rings. The minimum absolute atomic E-state index is 0.0619. The van der Waals surface area contributed by atoms with Gasteiger partial charge in [-0.2, -0.15) is 0 Å². The van der Waals surface area contributed by atoms with Gasteiger partial charge in [-0.3, -0.25) is 4.52 Å². The molecule has 27 heavy (non-hydrogen) atoms. The molecule has 0 aromatic heterocycles. The zero-order valence-corrected chi connectivity index (χ0v) is 16.6. The molecule has 6 nitrogen and oxygen atoms in total. The molecule has 1 aliphatic heterocycles. The van der Waals surface area contributed by atoms with Crippen molar-refractivity contribution in [3.8, 4) is 0 Å². The zero-order chi connectivity index (χ0) is 19.1. The highest BCUT2D eigenvalue weighted by molar-refractivity contribution is 7.46. The first-order valence-corrected chi connectivity index (χ1v) is 11.5. The third kappa shape index (κ3) is 4.47. The second kappa shape index (κ2) is 7.25. The maximum atomic E-state index is 11.0. The molecule has 1 saturated carbocycles. The molecule has 4 N–H and O–H groups in total. The van der Waals surface area contributed by atoms with E-state index in [0.717, 1.165) is 32.3 Å². The van der Waals surface area contributed by atoms with Gasteiger partial charge < -0.3 is 20.3 Å². The van der Waals surface area contributed by atoms with Crippen molar-refractivity contribution in [1.82, 2.24) is 0 Å². The summed E-state index contributed by atoms with van der Waals surface area (Å²) in [6.45, 7) is 0.795. The number of hydrogen-bond donors (Lipinski definition) is 3. The Bertz CT molecular complexity index is 742. The lowest BCUT2D eigenvalue weighted by Gasteiger charge is -2.41. The SMILES string of the molecule is N[C@]1(COP(=O)(O)O)CC[C@H](c2ccc3c(c2)CCC2(CCCCO2)C3)C1. The molecular formula is C20H30NO5P.